The minimum Gasteiger partial charge on any atom is -0.491 e. The van der Waals surface area contributed by atoms with E-state index in [2.05, 4.69) is 31.2 Å². The minimum atomic E-state index is 0.511. The number of ether oxygens (including phenoxy) is 12. The first-order valence-electron chi connectivity index (χ1n) is 20.1. The normalized spacial score (nSPS) is 11.4. The number of hydrogen-bond donors (Lipinski definition) is 0. The second-order valence-corrected chi connectivity index (χ2v) is 12.3. The van der Waals surface area contributed by atoms with E-state index in [1.54, 1.807) is 0 Å². The van der Waals surface area contributed by atoms with Gasteiger partial charge in [0.15, 0.2) is 0 Å². The van der Waals surface area contributed by atoms with E-state index in [1.807, 2.05) is 30.3 Å². The van der Waals surface area contributed by atoms with Gasteiger partial charge in [0.1, 0.15) is 24.7 Å². The van der Waals surface area contributed by atoms with Crippen molar-refractivity contribution in [2.75, 3.05) is 145 Å². The molecule has 0 bridgehead atoms. The van der Waals surface area contributed by atoms with Crippen LogP contribution in [0.3, 0.4) is 0 Å². The summed E-state index contributed by atoms with van der Waals surface area (Å²) in [6.07, 6.45) is 9.08. The molecule has 0 unspecified atom stereocenters. The molecule has 2 rings (SSSR count). The van der Waals surface area contributed by atoms with E-state index >= 15 is 0 Å². The molecule has 0 N–H and O–H groups in total. The van der Waals surface area contributed by atoms with E-state index in [4.69, 9.17) is 56.8 Å². The molecule has 0 aliphatic heterocycles. The van der Waals surface area contributed by atoms with Crippen molar-refractivity contribution in [2.24, 2.45) is 0 Å². The Balaban J connectivity index is 1.16. The molecule has 54 heavy (non-hydrogen) atoms. The molecule has 0 fully saturated rings. The Morgan fingerprint density at radius 2 is 0.593 bits per heavy atom. The number of unbranched alkanes of at least 4 members (excludes halogenated alkanes) is 5. The molecule has 0 radical (unpaired) electrons. The van der Waals surface area contributed by atoms with Crippen molar-refractivity contribution in [3.05, 3.63) is 60.2 Å². The van der Waals surface area contributed by atoms with Gasteiger partial charge in [0.2, 0.25) is 0 Å². The summed E-state index contributed by atoms with van der Waals surface area (Å²) in [5.74, 6) is 1.73. The van der Waals surface area contributed by atoms with Crippen LogP contribution in [0.5, 0.6) is 11.5 Å². The fourth-order valence-electron chi connectivity index (χ4n) is 4.90. The van der Waals surface area contributed by atoms with Crippen molar-refractivity contribution in [3.8, 4) is 11.5 Å². The van der Waals surface area contributed by atoms with Crippen molar-refractivity contribution >= 4 is 0 Å². The zero-order valence-electron chi connectivity index (χ0n) is 33.1. The lowest BCUT2D eigenvalue weighted by molar-refractivity contribution is -0.0269. The summed E-state index contributed by atoms with van der Waals surface area (Å²) >= 11 is 0. The summed E-state index contributed by atoms with van der Waals surface area (Å²) in [5, 5.41) is 0. The molecule has 0 aliphatic rings. The quantitative estimate of drug-likeness (QED) is 0.0717. The van der Waals surface area contributed by atoms with E-state index in [9.17, 15) is 0 Å². The molecule has 0 aliphatic carbocycles. The van der Waals surface area contributed by atoms with Gasteiger partial charge in [-0.3, -0.25) is 0 Å². The van der Waals surface area contributed by atoms with Crippen LogP contribution in [0.2, 0.25) is 0 Å². The second-order valence-electron chi connectivity index (χ2n) is 12.3. The molecule has 0 saturated carbocycles. The van der Waals surface area contributed by atoms with Gasteiger partial charge in [0.25, 0.3) is 0 Å². The minimum absolute atomic E-state index is 0.511. The lowest BCUT2D eigenvalue weighted by Gasteiger charge is -2.09. The van der Waals surface area contributed by atoms with Gasteiger partial charge in [-0.25, -0.2) is 0 Å². The number of para-hydroxylation sites is 1. The molecule has 0 aromatic heterocycles. The zero-order chi connectivity index (χ0) is 38.1. The maximum absolute atomic E-state index is 5.78. The van der Waals surface area contributed by atoms with Crippen LogP contribution in [0.25, 0.3) is 0 Å². The fourth-order valence-corrected chi connectivity index (χ4v) is 4.90. The van der Waals surface area contributed by atoms with Crippen LogP contribution < -0.4 is 9.47 Å². The Kier molecular flexibility index (Phi) is 34.4. The van der Waals surface area contributed by atoms with Gasteiger partial charge >= 0.3 is 0 Å². The van der Waals surface area contributed by atoms with Gasteiger partial charge in [-0.05, 0) is 42.7 Å². The van der Waals surface area contributed by atoms with Crippen LogP contribution in [0.4, 0.5) is 0 Å². The van der Waals surface area contributed by atoms with Crippen LogP contribution in [0, 0.1) is 0 Å². The highest BCUT2D eigenvalue weighted by Gasteiger charge is 1.99. The largest absolute Gasteiger partial charge is 0.491 e. The second kappa shape index (κ2) is 38.9. The van der Waals surface area contributed by atoms with Crippen molar-refractivity contribution in [3.63, 3.8) is 0 Å². The topological polar surface area (TPSA) is 111 Å². The highest BCUT2D eigenvalue weighted by Crippen LogP contribution is 2.15. The Morgan fingerprint density at radius 3 is 0.944 bits per heavy atom. The van der Waals surface area contributed by atoms with Crippen molar-refractivity contribution < 1.29 is 56.8 Å². The number of aryl methyl sites for hydroxylation is 1. The molecular formula is C42H70O12. The highest BCUT2D eigenvalue weighted by molar-refractivity contribution is 5.27. The fraction of sp³-hybridized carbons (Fsp3) is 0.714. The van der Waals surface area contributed by atoms with E-state index in [0.717, 1.165) is 17.9 Å². The molecule has 0 saturated heterocycles. The third-order valence-corrected chi connectivity index (χ3v) is 7.83. The van der Waals surface area contributed by atoms with Gasteiger partial charge in [0.05, 0.1) is 132 Å². The maximum atomic E-state index is 5.78. The van der Waals surface area contributed by atoms with Gasteiger partial charge in [-0.1, -0.05) is 69.4 Å². The lowest BCUT2D eigenvalue weighted by atomic mass is 10.0. The highest BCUT2D eigenvalue weighted by atomic mass is 16.6. The van der Waals surface area contributed by atoms with Crippen LogP contribution in [0.15, 0.2) is 54.6 Å². The Hall–Kier alpha value is -2.36. The summed E-state index contributed by atoms with van der Waals surface area (Å²) in [4.78, 5) is 0. The van der Waals surface area contributed by atoms with E-state index in [1.165, 1.54) is 44.1 Å². The molecule has 0 atom stereocenters. The number of hydrogen-bond acceptors (Lipinski definition) is 12. The van der Waals surface area contributed by atoms with Crippen LogP contribution in [-0.2, 0) is 53.8 Å². The van der Waals surface area contributed by atoms with Gasteiger partial charge in [-0.15, -0.1) is 0 Å². The van der Waals surface area contributed by atoms with E-state index < -0.39 is 0 Å². The smallest absolute Gasteiger partial charge is 0.119 e. The zero-order valence-corrected chi connectivity index (χ0v) is 33.1. The van der Waals surface area contributed by atoms with Gasteiger partial charge in [-0.2, -0.15) is 0 Å². The van der Waals surface area contributed by atoms with Crippen molar-refractivity contribution in [1.29, 1.82) is 0 Å². The third-order valence-electron chi connectivity index (χ3n) is 7.83. The van der Waals surface area contributed by atoms with Crippen LogP contribution in [0.1, 0.15) is 51.0 Å². The van der Waals surface area contributed by atoms with Crippen LogP contribution >= 0.6 is 0 Å². The molecule has 12 nitrogen and oxygen atoms in total. The molecule has 0 heterocycles. The van der Waals surface area contributed by atoms with E-state index in [-0.39, 0.29) is 0 Å². The maximum Gasteiger partial charge on any atom is 0.119 e. The lowest BCUT2D eigenvalue weighted by Crippen LogP contribution is -2.15. The molecule has 310 valence electrons. The van der Waals surface area contributed by atoms with Crippen molar-refractivity contribution in [1.82, 2.24) is 0 Å². The predicted molar refractivity (Wildman–Crippen MR) is 209 cm³/mol. The standard InChI is InChI=1S/C42H70O12/c1-2-3-4-5-6-8-11-40-14-16-42(17-15-40)54-39-37-52-35-33-50-31-29-48-27-25-46-23-21-44-19-18-43-20-22-45-24-26-47-28-30-49-32-34-51-36-38-53-41-12-9-7-10-13-41/h7,9-10,12-17H,2-6,8,11,18-39H2,1H3. The van der Waals surface area contributed by atoms with Crippen LogP contribution in [-0.4, -0.2) is 145 Å². The summed E-state index contributed by atoms with van der Waals surface area (Å²) in [6, 6.07) is 18.1. The Bertz CT molecular complexity index is 1010. The Morgan fingerprint density at radius 1 is 0.296 bits per heavy atom. The van der Waals surface area contributed by atoms with Crippen molar-refractivity contribution in [2.45, 2.75) is 51.9 Å². The number of benzene rings is 2. The summed E-state index contributed by atoms with van der Waals surface area (Å²) in [5.41, 5.74) is 1.38. The molecule has 12 heteroatoms. The summed E-state index contributed by atoms with van der Waals surface area (Å²) in [7, 11) is 0. The van der Waals surface area contributed by atoms with Gasteiger partial charge in [0, 0.05) is 0 Å². The average Bonchev–Trinajstić information content (AvgIpc) is 3.20. The molecule has 2 aromatic rings. The van der Waals surface area contributed by atoms with Gasteiger partial charge < -0.3 is 56.8 Å². The molecule has 0 amide bonds. The SMILES string of the molecule is CCCCCCCCc1ccc(OCCOCCOCCOCCOCCOCCOCCOCCOCCOCCOCCOc2ccccc2)cc1. The monoisotopic (exact) mass is 766 g/mol. The predicted octanol–water partition coefficient (Wildman–Crippen LogP) is 6.21. The molecule has 2 aromatic carbocycles. The summed E-state index contributed by atoms with van der Waals surface area (Å²) in [6.45, 7) is 13.7. The van der Waals surface area contributed by atoms with E-state index in [0.29, 0.717) is 145 Å². The summed E-state index contributed by atoms with van der Waals surface area (Å²) < 4.78 is 66.5. The first-order valence-corrected chi connectivity index (χ1v) is 20.1. The number of rotatable bonds is 42. The molecular weight excluding hydrogens is 696 g/mol. The molecule has 0 spiro atoms. The third kappa shape index (κ3) is 31.9. The average molecular weight is 767 g/mol. The first-order chi connectivity index (χ1) is 26.9. The Labute approximate surface area is 325 Å². The first kappa shape index (κ1) is 47.8.